The van der Waals surface area contributed by atoms with Gasteiger partial charge in [0.15, 0.2) is 0 Å². The summed E-state index contributed by atoms with van der Waals surface area (Å²) in [6.07, 6.45) is 2.19. The van der Waals surface area contributed by atoms with Gasteiger partial charge in [-0.15, -0.1) is 0 Å². The maximum absolute atomic E-state index is 9.33. The monoisotopic (exact) mass is 235 g/mol. The highest BCUT2D eigenvalue weighted by molar-refractivity contribution is 5.28. The van der Waals surface area contributed by atoms with Crippen LogP contribution >= 0.6 is 0 Å². The van der Waals surface area contributed by atoms with Gasteiger partial charge in [-0.1, -0.05) is 19.1 Å². The van der Waals surface area contributed by atoms with Gasteiger partial charge in [0.1, 0.15) is 5.75 Å². The van der Waals surface area contributed by atoms with Crippen molar-refractivity contribution >= 4 is 0 Å². The quantitative estimate of drug-likeness (QED) is 0.874. The smallest absolute Gasteiger partial charge is 0.115 e. The van der Waals surface area contributed by atoms with Crippen molar-refractivity contribution in [3.63, 3.8) is 0 Å². The largest absolute Gasteiger partial charge is 0.508 e. The van der Waals surface area contributed by atoms with Crippen molar-refractivity contribution in [1.29, 1.82) is 0 Å². The maximum Gasteiger partial charge on any atom is 0.115 e. The fraction of sp³-hybridized carbons (Fsp3) is 0.571. The molecular weight excluding hydrogens is 214 g/mol. The van der Waals surface area contributed by atoms with Gasteiger partial charge in [0.25, 0.3) is 0 Å². The summed E-state index contributed by atoms with van der Waals surface area (Å²) in [4.78, 5) is 2.49. The second kappa shape index (κ2) is 6.03. The van der Waals surface area contributed by atoms with Crippen LogP contribution in [0.3, 0.4) is 0 Å². The minimum absolute atomic E-state index is 0.336. The lowest BCUT2D eigenvalue weighted by atomic mass is 10.0. The van der Waals surface area contributed by atoms with E-state index in [1.807, 2.05) is 12.1 Å². The van der Waals surface area contributed by atoms with Crippen LogP contribution < -0.4 is 0 Å². The van der Waals surface area contributed by atoms with Gasteiger partial charge in [0.05, 0.1) is 6.61 Å². The number of benzene rings is 1. The van der Waals surface area contributed by atoms with Gasteiger partial charge in [-0.05, 0) is 30.5 Å². The molecule has 1 aliphatic heterocycles. The minimum atomic E-state index is 0.336. The van der Waals surface area contributed by atoms with Gasteiger partial charge in [-0.2, -0.15) is 0 Å². The van der Waals surface area contributed by atoms with Crippen LogP contribution in [0.15, 0.2) is 24.3 Å². The maximum atomic E-state index is 9.33. The first-order chi connectivity index (χ1) is 8.31. The number of aromatic hydroxyl groups is 1. The van der Waals surface area contributed by atoms with Crippen molar-refractivity contribution in [3.8, 4) is 5.75 Å². The second-order valence-corrected chi connectivity index (χ2v) is 4.52. The molecule has 17 heavy (non-hydrogen) atoms. The summed E-state index contributed by atoms with van der Waals surface area (Å²) < 4.78 is 5.49. The summed E-state index contributed by atoms with van der Waals surface area (Å²) in [5.74, 6) is 0.336. The van der Waals surface area contributed by atoms with Crippen LogP contribution in [0.4, 0.5) is 0 Å². The third kappa shape index (κ3) is 3.20. The van der Waals surface area contributed by atoms with E-state index in [0.29, 0.717) is 11.8 Å². The molecule has 3 nitrogen and oxygen atoms in total. The van der Waals surface area contributed by atoms with E-state index in [-0.39, 0.29) is 0 Å². The molecule has 0 radical (unpaired) electrons. The molecule has 0 aromatic heterocycles. The van der Waals surface area contributed by atoms with Crippen LogP contribution in [0.25, 0.3) is 0 Å². The van der Waals surface area contributed by atoms with E-state index in [2.05, 4.69) is 11.8 Å². The SMILES string of the molecule is CCC(c1ccc(O)cc1)N1CCCOCC1. The van der Waals surface area contributed by atoms with Crippen molar-refractivity contribution in [3.05, 3.63) is 29.8 Å². The van der Waals surface area contributed by atoms with Crippen molar-refractivity contribution in [1.82, 2.24) is 4.90 Å². The lowest BCUT2D eigenvalue weighted by molar-refractivity contribution is 0.130. The Morgan fingerprint density at radius 2 is 2.00 bits per heavy atom. The summed E-state index contributed by atoms with van der Waals surface area (Å²) in [6.45, 7) is 6.01. The molecule has 1 aromatic carbocycles. The summed E-state index contributed by atoms with van der Waals surface area (Å²) in [5.41, 5.74) is 1.28. The Bertz CT molecular complexity index is 329. The van der Waals surface area contributed by atoms with E-state index >= 15 is 0 Å². The summed E-state index contributed by atoms with van der Waals surface area (Å²) in [6, 6.07) is 8.03. The molecule has 0 saturated carbocycles. The molecular formula is C14H21NO2. The molecule has 0 spiro atoms. The fourth-order valence-electron chi connectivity index (χ4n) is 2.48. The van der Waals surface area contributed by atoms with Crippen molar-refractivity contribution in [2.45, 2.75) is 25.8 Å². The number of phenolic OH excluding ortho intramolecular Hbond substituents is 1. The topological polar surface area (TPSA) is 32.7 Å². The number of phenols is 1. The number of rotatable bonds is 3. The molecule has 0 bridgehead atoms. The lowest BCUT2D eigenvalue weighted by Crippen LogP contribution is -2.30. The highest BCUT2D eigenvalue weighted by atomic mass is 16.5. The average Bonchev–Trinajstić information content (AvgIpc) is 2.62. The van der Waals surface area contributed by atoms with E-state index < -0.39 is 0 Å². The summed E-state index contributed by atoms with van der Waals surface area (Å²) >= 11 is 0. The second-order valence-electron chi connectivity index (χ2n) is 4.52. The van der Waals surface area contributed by atoms with Crippen LogP contribution in [0.2, 0.25) is 0 Å². The van der Waals surface area contributed by atoms with Gasteiger partial charge < -0.3 is 9.84 Å². The third-order valence-corrected chi connectivity index (χ3v) is 3.36. The van der Waals surface area contributed by atoms with Crippen LogP contribution in [0.1, 0.15) is 31.4 Å². The molecule has 1 aliphatic rings. The number of nitrogens with zero attached hydrogens (tertiary/aromatic N) is 1. The molecule has 1 saturated heterocycles. The molecule has 0 amide bonds. The zero-order valence-electron chi connectivity index (χ0n) is 10.4. The molecule has 0 aliphatic carbocycles. The van der Waals surface area contributed by atoms with Crippen LogP contribution in [0.5, 0.6) is 5.75 Å². The van der Waals surface area contributed by atoms with E-state index in [1.54, 1.807) is 12.1 Å². The highest BCUT2D eigenvalue weighted by Gasteiger charge is 2.19. The number of ether oxygens (including phenoxy) is 1. The zero-order chi connectivity index (χ0) is 12.1. The third-order valence-electron chi connectivity index (χ3n) is 3.36. The molecule has 1 fully saturated rings. The molecule has 1 unspecified atom stereocenters. The Morgan fingerprint density at radius 1 is 1.24 bits per heavy atom. The lowest BCUT2D eigenvalue weighted by Gasteiger charge is -2.29. The Hall–Kier alpha value is -1.06. The Labute approximate surface area is 103 Å². The van der Waals surface area contributed by atoms with Crippen LogP contribution in [-0.2, 0) is 4.74 Å². The van der Waals surface area contributed by atoms with Crippen LogP contribution in [-0.4, -0.2) is 36.3 Å². The van der Waals surface area contributed by atoms with Gasteiger partial charge >= 0.3 is 0 Å². The molecule has 94 valence electrons. The standard InChI is InChI=1S/C14H21NO2/c1-2-14(12-4-6-13(16)7-5-12)15-8-3-10-17-11-9-15/h4-7,14,16H,2-3,8-11H2,1H3. The predicted molar refractivity (Wildman–Crippen MR) is 68.1 cm³/mol. The number of hydrogen-bond donors (Lipinski definition) is 1. The minimum Gasteiger partial charge on any atom is -0.508 e. The first-order valence-corrected chi connectivity index (χ1v) is 6.42. The predicted octanol–water partition coefficient (Wildman–Crippen LogP) is 2.57. The van der Waals surface area contributed by atoms with E-state index in [1.165, 1.54) is 5.56 Å². The number of hydrogen-bond acceptors (Lipinski definition) is 3. The van der Waals surface area contributed by atoms with Crippen LogP contribution in [0, 0.1) is 0 Å². The van der Waals surface area contributed by atoms with Gasteiger partial charge in [-0.25, -0.2) is 0 Å². The Morgan fingerprint density at radius 3 is 2.71 bits per heavy atom. The molecule has 3 heteroatoms. The first-order valence-electron chi connectivity index (χ1n) is 6.42. The van der Waals surface area contributed by atoms with Gasteiger partial charge in [0.2, 0.25) is 0 Å². The zero-order valence-corrected chi connectivity index (χ0v) is 10.4. The van der Waals surface area contributed by atoms with Crippen molar-refractivity contribution in [2.24, 2.45) is 0 Å². The average molecular weight is 235 g/mol. The van der Waals surface area contributed by atoms with Gasteiger partial charge in [0, 0.05) is 25.7 Å². The summed E-state index contributed by atoms with van der Waals surface area (Å²) in [7, 11) is 0. The van der Waals surface area contributed by atoms with E-state index in [4.69, 9.17) is 4.74 Å². The fourth-order valence-corrected chi connectivity index (χ4v) is 2.48. The van der Waals surface area contributed by atoms with E-state index in [9.17, 15) is 5.11 Å². The van der Waals surface area contributed by atoms with Crippen molar-refractivity contribution < 1.29 is 9.84 Å². The molecule has 1 heterocycles. The summed E-state index contributed by atoms with van der Waals surface area (Å²) in [5, 5.41) is 9.33. The highest BCUT2D eigenvalue weighted by Crippen LogP contribution is 2.26. The normalized spacial score (nSPS) is 19.8. The molecule has 2 rings (SSSR count). The molecule has 1 N–H and O–H groups in total. The Balaban J connectivity index is 2.11. The molecule has 1 atom stereocenters. The molecule has 1 aromatic rings. The Kier molecular flexibility index (Phi) is 4.40. The first kappa shape index (κ1) is 12.4. The van der Waals surface area contributed by atoms with E-state index in [0.717, 1.165) is 39.1 Å². The van der Waals surface area contributed by atoms with Crippen molar-refractivity contribution in [2.75, 3.05) is 26.3 Å². The van der Waals surface area contributed by atoms with Gasteiger partial charge in [-0.3, -0.25) is 4.90 Å².